The van der Waals surface area contributed by atoms with E-state index in [9.17, 15) is 9.90 Å². The summed E-state index contributed by atoms with van der Waals surface area (Å²) in [5.41, 5.74) is 0.466. The second kappa shape index (κ2) is 8.27. The molecule has 0 aromatic carbocycles. The van der Waals surface area contributed by atoms with Crippen molar-refractivity contribution in [2.24, 2.45) is 11.8 Å². The zero-order valence-electron chi connectivity index (χ0n) is 11.3. The summed E-state index contributed by atoms with van der Waals surface area (Å²) in [5, 5.41) is 12.6. The zero-order valence-corrected chi connectivity index (χ0v) is 11.3. The summed E-state index contributed by atoms with van der Waals surface area (Å²) < 4.78 is 4.87. The molecule has 0 amide bonds. The van der Waals surface area contributed by atoms with Crippen molar-refractivity contribution in [1.82, 2.24) is 5.32 Å². The Morgan fingerprint density at radius 3 is 2.67 bits per heavy atom. The number of hydrogen-bond donors (Lipinski definition) is 2. The Morgan fingerprint density at radius 1 is 1.39 bits per heavy atom. The van der Waals surface area contributed by atoms with Crippen molar-refractivity contribution >= 4 is 5.97 Å². The predicted molar refractivity (Wildman–Crippen MR) is 71.2 cm³/mol. The molecular formula is C14H25NO3. The van der Waals surface area contributed by atoms with Crippen LogP contribution in [0.3, 0.4) is 0 Å². The largest absolute Gasteiger partial charge is 0.463 e. The molecule has 4 heteroatoms. The summed E-state index contributed by atoms with van der Waals surface area (Å²) in [6.45, 7) is 7.45. The van der Waals surface area contributed by atoms with Crippen molar-refractivity contribution in [3.63, 3.8) is 0 Å². The molecular weight excluding hydrogens is 230 g/mol. The normalized spacial score (nSPS) is 23.7. The number of nitrogens with one attached hydrogen (secondary N) is 1. The number of esters is 1. The maximum Gasteiger partial charge on any atom is 0.334 e. The van der Waals surface area contributed by atoms with Crippen molar-refractivity contribution in [3.05, 3.63) is 12.2 Å². The molecule has 0 spiro atoms. The van der Waals surface area contributed by atoms with Crippen molar-refractivity contribution in [2.75, 3.05) is 26.3 Å². The van der Waals surface area contributed by atoms with Gasteiger partial charge in [-0.15, -0.1) is 0 Å². The minimum Gasteiger partial charge on any atom is -0.463 e. The summed E-state index contributed by atoms with van der Waals surface area (Å²) in [4.78, 5) is 11.3. The van der Waals surface area contributed by atoms with Gasteiger partial charge in [0.25, 0.3) is 0 Å². The summed E-state index contributed by atoms with van der Waals surface area (Å²) in [6, 6.07) is 0. The lowest BCUT2D eigenvalue weighted by molar-refractivity contribution is -0.138. The first-order valence-electron chi connectivity index (χ1n) is 6.85. The van der Waals surface area contributed by atoms with E-state index in [0.29, 0.717) is 30.6 Å². The highest BCUT2D eigenvalue weighted by Gasteiger charge is 2.24. The van der Waals surface area contributed by atoms with Crippen LogP contribution in [-0.2, 0) is 9.53 Å². The lowest BCUT2D eigenvalue weighted by Crippen LogP contribution is -2.34. The molecule has 1 rings (SSSR count). The Balaban J connectivity index is 2.23. The minimum atomic E-state index is -0.327. The third kappa shape index (κ3) is 4.78. The fourth-order valence-electron chi connectivity index (χ4n) is 2.51. The molecule has 0 aromatic heterocycles. The van der Waals surface area contributed by atoms with Gasteiger partial charge in [0.1, 0.15) is 0 Å². The topological polar surface area (TPSA) is 58.6 Å². The third-order valence-electron chi connectivity index (χ3n) is 3.61. The Hall–Kier alpha value is -0.870. The SMILES string of the molecule is C=C(CNCC1CCCCC1CO)C(=O)OCC. The van der Waals surface area contributed by atoms with Gasteiger partial charge in [0, 0.05) is 18.7 Å². The molecule has 2 N–H and O–H groups in total. The number of carbonyl (C=O) groups is 1. The van der Waals surface area contributed by atoms with Gasteiger partial charge in [0.15, 0.2) is 0 Å². The van der Waals surface area contributed by atoms with Gasteiger partial charge in [-0.1, -0.05) is 19.4 Å². The smallest absolute Gasteiger partial charge is 0.334 e. The van der Waals surface area contributed by atoms with Gasteiger partial charge in [-0.2, -0.15) is 0 Å². The number of hydrogen-bond acceptors (Lipinski definition) is 4. The van der Waals surface area contributed by atoms with Gasteiger partial charge in [-0.05, 0) is 38.1 Å². The van der Waals surface area contributed by atoms with E-state index in [1.165, 1.54) is 12.8 Å². The fraction of sp³-hybridized carbons (Fsp3) is 0.786. The van der Waals surface area contributed by atoms with Crippen LogP contribution in [0.2, 0.25) is 0 Å². The summed E-state index contributed by atoms with van der Waals surface area (Å²) in [7, 11) is 0. The van der Waals surface area contributed by atoms with E-state index in [1.807, 2.05) is 0 Å². The first kappa shape index (κ1) is 15.2. The molecule has 1 aliphatic rings. The van der Waals surface area contributed by atoms with Gasteiger partial charge in [0.05, 0.1) is 6.61 Å². The van der Waals surface area contributed by atoms with E-state index < -0.39 is 0 Å². The molecule has 2 atom stereocenters. The molecule has 0 aliphatic heterocycles. The highest BCUT2D eigenvalue weighted by atomic mass is 16.5. The summed E-state index contributed by atoms with van der Waals surface area (Å²) >= 11 is 0. The molecule has 1 aliphatic carbocycles. The molecule has 0 radical (unpaired) electrons. The Labute approximate surface area is 109 Å². The summed E-state index contributed by atoms with van der Waals surface area (Å²) in [6.07, 6.45) is 4.73. The van der Waals surface area contributed by atoms with E-state index in [0.717, 1.165) is 19.4 Å². The third-order valence-corrected chi connectivity index (χ3v) is 3.61. The lowest BCUT2D eigenvalue weighted by atomic mass is 9.79. The quantitative estimate of drug-likeness (QED) is 0.534. The fourth-order valence-corrected chi connectivity index (χ4v) is 2.51. The van der Waals surface area contributed by atoms with Crippen LogP contribution in [0.5, 0.6) is 0 Å². The van der Waals surface area contributed by atoms with E-state index in [1.54, 1.807) is 6.92 Å². The van der Waals surface area contributed by atoms with Crippen LogP contribution in [0.25, 0.3) is 0 Å². The average Bonchev–Trinajstić information content (AvgIpc) is 2.39. The minimum absolute atomic E-state index is 0.269. The molecule has 0 heterocycles. The molecule has 4 nitrogen and oxygen atoms in total. The van der Waals surface area contributed by atoms with Crippen molar-refractivity contribution < 1.29 is 14.6 Å². The average molecular weight is 255 g/mol. The number of aliphatic hydroxyl groups excluding tert-OH is 1. The summed E-state index contributed by atoms with van der Waals surface area (Å²) in [5.74, 6) is 0.591. The van der Waals surface area contributed by atoms with E-state index in [-0.39, 0.29) is 12.6 Å². The van der Waals surface area contributed by atoms with Crippen molar-refractivity contribution in [3.8, 4) is 0 Å². The van der Waals surface area contributed by atoms with Crippen LogP contribution in [0, 0.1) is 11.8 Å². The van der Waals surface area contributed by atoms with Gasteiger partial charge < -0.3 is 15.2 Å². The molecule has 104 valence electrons. The number of aliphatic hydroxyl groups is 1. The highest BCUT2D eigenvalue weighted by Crippen LogP contribution is 2.28. The van der Waals surface area contributed by atoms with E-state index in [4.69, 9.17) is 4.74 Å². The first-order chi connectivity index (χ1) is 8.69. The van der Waals surface area contributed by atoms with Crippen LogP contribution in [0.15, 0.2) is 12.2 Å². The van der Waals surface area contributed by atoms with Gasteiger partial charge in [-0.3, -0.25) is 0 Å². The second-order valence-corrected chi connectivity index (χ2v) is 4.94. The van der Waals surface area contributed by atoms with Crippen molar-refractivity contribution in [2.45, 2.75) is 32.6 Å². The van der Waals surface area contributed by atoms with Crippen LogP contribution in [0.4, 0.5) is 0 Å². The van der Waals surface area contributed by atoms with Gasteiger partial charge >= 0.3 is 5.97 Å². The lowest BCUT2D eigenvalue weighted by Gasteiger charge is -2.30. The molecule has 0 saturated heterocycles. The van der Waals surface area contributed by atoms with Crippen LogP contribution in [0.1, 0.15) is 32.6 Å². The maximum atomic E-state index is 11.3. The number of ether oxygens (including phenoxy) is 1. The Bertz CT molecular complexity index is 278. The molecule has 1 fully saturated rings. The van der Waals surface area contributed by atoms with Gasteiger partial charge in [-0.25, -0.2) is 4.79 Å². The maximum absolute atomic E-state index is 11.3. The highest BCUT2D eigenvalue weighted by molar-refractivity contribution is 5.88. The van der Waals surface area contributed by atoms with Crippen molar-refractivity contribution in [1.29, 1.82) is 0 Å². The monoisotopic (exact) mass is 255 g/mol. The molecule has 18 heavy (non-hydrogen) atoms. The molecule has 2 unspecified atom stereocenters. The molecule has 1 saturated carbocycles. The second-order valence-electron chi connectivity index (χ2n) is 4.94. The predicted octanol–water partition coefficient (Wildman–Crippen LogP) is 1.49. The van der Waals surface area contributed by atoms with Gasteiger partial charge in [0.2, 0.25) is 0 Å². The van der Waals surface area contributed by atoms with Crippen LogP contribution < -0.4 is 5.32 Å². The van der Waals surface area contributed by atoms with Crippen LogP contribution in [-0.4, -0.2) is 37.4 Å². The number of rotatable bonds is 7. The Morgan fingerprint density at radius 2 is 2.06 bits per heavy atom. The molecule has 0 bridgehead atoms. The van der Waals surface area contributed by atoms with E-state index in [2.05, 4.69) is 11.9 Å². The zero-order chi connectivity index (χ0) is 13.4. The Kier molecular flexibility index (Phi) is 6.98. The van der Waals surface area contributed by atoms with Crippen LogP contribution >= 0.6 is 0 Å². The number of carbonyl (C=O) groups excluding carboxylic acids is 1. The first-order valence-corrected chi connectivity index (χ1v) is 6.85. The standard InChI is InChI=1S/C14H25NO3/c1-3-18-14(17)11(2)8-15-9-12-6-4-5-7-13(12)10-16/h12-13,15-16H,2-10H2,1H3. The van der Waals surface area contributed by atoms with E-state index >= 15 is 0 Å². The molecule has 0 aromatic rings.